The minimum atomic E-state index is -4.56. The number of amides is 2. The van der Waals surface area contributed by atoms with Crippen molar-refractivity contribution in [1.82, 2.24) is 20.4 Å². The van der Waals surface area contributed by atoms with Gasteiger partial charge in [0.05, 0.1) is 11.8 Å². The van der Waals surface area contributed by atoms with Crippen LogP contribution in [-0.2, 0) is 47.6 Å². The Morgan fingerprint density at radius 2 is 0.770 bits per heavy atom. The lowest BCUT2D eigenvalue weighted by molar-refractivity contribution is -0.219. The van der Waals surface area contributed by atoms with Gasteiger partial charge in [0.2, 0.25) is 0 Å². The molecule has 0 saturated carbocycles. The largest absolute Gasteiger partial charge is 0.458 e. The number of nitrogens with one attached hydrogen (secondary N) is 2. The second-order valence-corrected chi connectivity index (χ2v) is 19.6. The first-order valence-electron chi connectivity index (χ1n) is 25.1. The van der Waals surface area contributed by atoms with E-state index in [9.17, 15) is 72.7 Å². The quantitative estimate of drug-likeness (QED) is 0.0950. The van der Waals surface area contributed by atoms with Crippen LogP contribution in [0.25, 0.3) is 0 Å². The lowest BCUT2D eigenvalue weighted by Crippen LogP contribution is -2.45. The standard InChI is InChI=1S/C15H24F3NO4.C15H25F2NO4.C9H14F3NO2.C9H15F2NO2/c1-5-14(3,4)23-13(21)19-8-6-11(7-9-19)12(20)22-10(2)15(16,17)18;1-5-14(3,4)22-13(20)18-9-7-11(8-10-18)21-12(19)15(16,17)6-2;1-6(9(10,11)12)15-8(14)7-2-4-13-5-3-7;1-2-9(10,11)8(13)14-7-3-5-12-6-4-7/h10-11H,5-9H2,1-4H3;11H,5-10H2,1-4H3;6-7,13H,2-5H2,1H3;7,12H,2-6H2,1H3. The molecule has 2 atom stereocenters. The van der Waals surface area contributed by atoms with E-state index in [-0.39, 0.29) is 32.0 Å². The molecule has 0 aromatic carbocycles. The summed E-state index contributed by atoms with van der Waals surface area (Å²) < 4.78 is 154. The van der Waals surface area contributed by atoms with E-state index in [1.54, 1.807) is 13.8 Å². The van der Waals surface area contributed by atoms with Crippen LogP contribution >= 0.6 is 0 Å². The highest BCUT2D eigenvalue weighted by Crippen LogP contribution is 2.29. The van der Waals surface area contributed by atoms with Gasteiger partial charge in [-0.1, -0.05) is 27.7 Å². The summed E-state index contributed by atoms with van der Waals surface area (Å²) in [5.41, 5.74) is -1.11. The summed E-state index contributed by atoms with van der Waals surface area (Å²) in [7, 11) is 0. The van der Waals surface area contributed by atoms with Gasteiger partial charge in [-0.2, -0.15) is 43.9 Å². The fourth-order valence-corrected chi connectivity index (χ4v) is 6.61. The smallest absolute Gasteiger partial charge is 0.425 e. The van der Waals surface area contributed by atoms with E-state index in [0.717, 1.165) is 26.9 Å². The maximum absolute atomic E-state index is 13.2. The molecule has 0 bridgehead atoms. The highest BCUT2D eigenvalue weighted by Gasteiger charge is 2.44. The third-order valence-electron chi connectivity index (χ3n) is 12.7. The van der Waals surface area contributed by atoms with Crippen molar-refractivity contribution in [3.8, 4) is 0 Å². The number of alkyl halides is 10. The molecule has 0 aliphatic carbocycles. The van der Waals surface area contributed by atoms with Crippen LogP contribution in [0.5, 0.6) is 0 Å². The summed E-state index contributed by atoms with van der Waals surface area (Å²) in [5, 5.41) is 6.09. The maximum Gasteiger partial charge on any atom is 0.425 e. The molecule has 4 fully saturated rings. The SMILES string of the molecule is CC(OC(=O)C1CCNCC1)C(F)(F)F.CCC(C)(C)OC(=O)N1CCC(C(=O)OC(C)C(F)(F)F)CC1.CCC(C)(C)OC(=O)N1CCC(OC(=O)C(F)(F)CC)CC1.CCC(F)(F)C(=O)OC1CCNCC1. The number of rotatable bonds is 14. The Bertz CT molecular complexity index is 1740. The molecule has 26 heteroatoms. The number of ether oxygens (including phenoxy) is 6. The topological polar surface area (TPSA) is 188 Å². The van der Waals surface area contributed by atoms with Crippen molar-refractivity contribution in [2.24, 2.45) is 11.8 Å². The van der Waals surface area contributed by atoms with Gasteiger partial charge in [-0.25, -0.2) is 19.2 Å². The van der Waals surface area contributed by atoms with Gasteiger partial charge in [-0.15, -0.1) is 0 Å². The third kappa shape index (κ3) is 25.0. The molecule has 4 saturated heterocycles. The zero-order valence-electron chi connectivity index (χ0n) is 44.2. The van der Waals surface area contributed by atoms with Gasteiger partial charge in [0, 0.05) is 51.9 Å². The van der Waals surface area contributed by atoms with E-state index in [1.807, 2.05) is 27.7 Å². The molecule has 0 spiro atoms. The van der Waals surface area contributed by atoms with Crippen molar-refractivity contribution in [3.05, 3.63) is 0 Å². The van der Waals surface area contributed by atoms with Crippen LogP contribution < -0.4 is 10.6 Å². The van der Waals surface area contributed by atoms with E-state index in [4.69, 9.17) is 18.9 Å². The molecule has 2 unspecified atom stereocenters. The maximum atomic E-state index is 13.2. The number of carbonyl (C=O) groups is 6. The van der Waals surface area contributed by atoms with Crippen LogP contribution in [0.15, 0.2) is 0 Å². The molecule has 4 rings (SSSR count). The van der Waals surface area contributed by atoms with Gasteiger partial charge < -0.3 is 48.9 Å². The number of halogens is 10. The summed E-state index contributed by atoms with van der Waals surface area (Å²) in [4.78, 5) is 72.3. The molecular weight excluding hydrogens is 1010 g/mol. The first kappa shape index (κ1) is 67.7. The first-order chi connectivity index (χ1) is 34.0. The molecular formula is C48H78F10N4O12. The summed E-state index contributed by atoms with van der Waals surface area (Å²) in [6.07, 6.45) is -11.2. The van der Waals surface area contributed by atoms with E-state index in [0.29, 0.717) is 77.5 Å². The Labute approximate surface area is 427 Å². The second kappa shape index (κ2) is 30.4. The van der Waals surface area contributed by atoms with Crippen molar-refractivity contribution in [2.75, 3.05) is 52.4 Å². The summed E-state index contributed by atoms with van der Waals surface area (Å²) in [5.74, 6) is -12.3. The fourth-order valence-electron chi connectivity index (χ4n) is 6.61. The van der Waals surface area contributed by atoms with Crippen molar-refractivity contribution < 1.29 is 101 Å². The van der Waals surface area contributed by atoms with Crippen LogP contribution in [0.1, 0.15) is 146 Å². The second-order valence-electron chi connectivity index (χ2n) is 19.6. The number of nitrogens with zero attached hydrogens (tertiary/aromatic N) is 2. The van der Waals surface area contributed by atoms with Gasteiger partial charge >= 0.3 is 60.3 Å². The lowest BCUT2D eigenvalue weighted by Gasteiger charge is -2.34. The zero-order valence-corrected chi connectivity index (χ0v) is 44.2. The highest BCUT2D eigenvalue weighted by atomic mass is 19.4. The predicted molar refractivity (Wildman–Crippen MR) is 248 cm³/mol. The van der Waals surface area contributed by atoms with Gasteiger partial charge in [-0.05, 0) is 119 Å². The molecule has 0 aromatic rings. The molecule has 2 amide bonds. The van der Waals surface area contributed by atoms with E-state index in [1.165, 1.54) is 23.6 Å². The van der Waals surface area contributed by atoms with Crippen LogP contribution in [0.3, 0.4) is 0 Å². The van der Waals surface area contributed by atoms with E-state index in [2.05, 4.69) is 20.1 Å². The van der Waals surface area contributed by atoms with Crippen molar-refractivity contribution in [1.29, 1.82) is 0 Å². The van der Waals surface area contributed by atoms with E-state index >= 15 is 0 Å². The number of esters is 4. The summed E-state index contributed by atoms with van der Waals surface area (Å²) in [6, 6.07) is 0. The zero-order chi connectivity index (χ0) is 56.9. The fraction of sp³-hybridized carbons (Fsp3) is 0.875. The van der Waals surface area contributed by atoms with Gasteiger partial charge in [-0.3, -0.25) is 9.59 Å². The Morgan fingerprint density at radius 3 is 1.08 bits per heavy atom. The molecule has 0 aromatic heterocycles. The first-order valence-corrected chi connectivity index (χ1v) is 25.1. The Morgan fingerprint density at radius 1 is 0.473 bits per heavy atom. The average Bonchev–Trinajstić information content (AvgIpc) is 3.34. The van der Waals surface area contributed by atoms with Crippen LogP contribution in [0, 0.1) is 11.8 Å². The molecule has 4 aliphatic heterocycles. The normalized spacial score (nSPS) is 18.8. The van der Waals surface area contributed by atoms with Crippen molar-refractivity contribution in [3.63, 3.8) is 0 Å². The molecule has 4 heterocycles. The minimum absolute atomic E-state index is 0.263. The molecule has 16 nitrogen and oxygen atoms in total. The van der Waals surface area contributed by atoms with Crippen molar-refractivity contribution >= 4 is 36.1 Å². The Balaban J connectivity index is 0.000000504. The number of piperidine rings is 4. The molecule has 432 valence electrons. The van der Waals surface area contributed by atoms with Crippen molar-refractivity contribution in [2.45, 2.75) is 206 Å². The Hall–Kier alpha value is -4.36. The molecule has 4 aliphatic rings. The molecule has 0 radical (unpaired) electrons. The number of likely N-dealkylation sites (tertiary alicyclic amines) is 2. The van der Waals surface area contributed by atoms with Crippen LogP contribution in [0.4, 0.5) is 53.5 Å². The summed E-state index contributed by atoms with van der Waals surface area (Å²) >= 11 is 0. The highest BCUT2D eigenvalue weighted by molar-refractivity contribution is 5.78. The average molecular weight is 1090 g/mol. The number of hydrogen-bond acceptors (Lipinski definition) is 14. The third-order valence-corrected chi connectivity index (χ3v) is 12.7. The number of carbonyl (C=O) groups excluding carboxylic acids is 6. The van der Waals surface area contributed by atoms with Crippen LogP contribution in [0.2, 0.25) is 0 Å². The monoisotopic (exact) mass is 1090 g/mol. The number of hydrogen-bond donors (Lipinski definition) is 2. The lowest BCUT2D eigenvalue weighted by atomic mass is 9.97. The van der Waals surface area contributed by atoms with Crippen LogP contribution in [-0.4, -0.2) is 158 Å². The minimum Gasteiger partial charge on any atom is -0.458 e. The van der Waals surface area contributed by atoms with Gasteiger partial charge in [0.15, 0.2) is 12.2 Å². The van der Waals surface area contributed by atoms with Gasteiger partial charge in [0.1, 0.15) is 23.4 Å². The summed E-state index contributed by atoms with van der Waals surface area (Å²) in [6.45, 7) is 19.1. The Kier molecular flexibility index (Phi) is 27.8. The van der Waals surface area contributed by atoms with E-state index < -0.39 is 114 Å². The predicted octanol–water partition coefficient (Wildman–Crippen LogP) is 9.69. The molecule has 74 heavy (non-hydrogen) atoms. The van der Waals surface area contributed by atoms with Gasteiger partial charge in [0.25, 0.3) is 0 Å². The molecule has 2 N–H and O–H groups in total.